The average molecular weight is 358 g/mol. The standard InChI is InChI=1S/C17H13F3N6/c18-17(19,20)4-6-22-16-24-10-14-13(3-7-26(14)25-16)12-8-11-2-1-5-21-15(11)23-9-12/h1-3,5,7-10H,4,6H2,(H,22,25). The van der Waals surface area contributed by atoms with E-state index in [-0.39, 0.29) is 12.5 Å². The number of pyridine rings is 2. The predicted molar refractivity (Wildman–Crippen MR) is 90.7 cm³/mol. The zero-order chi connectivity index (χ0) is 18.1. The lowest BCUT2D eigenvalue weighted by Gasteiger charge is -2.08. The summed E-state index contributed by atoms with van der Waals surface area (Å²) in [7, 11) is 0. The van der Waals surface area contributed by atoms with Gasteiger partial charge in [0.1, 0.15) is 0 Å². The van der Waals surface area contributed by atoms with E-state index >= 15 is 0 Å². The Bertz CT molecular complexity index is 1070. The summed E-state index contributed by atoms with van der Waals surface area (Å²) >= 11 is 0. The minimum Gasteiger partial charge on any atom is -0.353 e. The van der Waals surface area contributed by atoms with Gasteiger partial charge in [0.2, 0.25) is 5.95 Å². The highest BCUT2D eigenvalue weighted by molar-refractivity contribution is 5.86. The molecular weight excluding hydrogens is 345 g/mol. The SMILES string of the molecule is FC(F)(F)CCNc1ncc2c(-c3cnc4ncccc4c3)ccn2n1. The molecule has 4 rings (SSSR count). The maximum atomic E-state index is 12.2. The highest BCUT2D eigenvalue weighted by Crippen LogP contribution is 2.27. The van der Waals surface area contributed by atoms with Crippen molar-refractivity contribution in [2.75, 3.05) is 11.9 Å². The van der Waals surface area contributed by atoms with Crippen LogP contribution in [0.1, 0.15) is 6.42 Å². The largest absolute Gasteiger partial charge is 0.390 e. The summed E-state index contributed by atoms with van der Waals surface area (Å²) in [6.45, 7) is -0.273. The summed E-state index contributed by atoms with van der Waals surface area (Å²) in [6.07, 6.45) is 1.56. The molecule has 0 aliphatic rings. The lowest BCUT2D eigenvalue weighted by atomic mass is 10.1. The molecule has 4 heterocycles. The number of halogens is 3. The van der Waals surface area contributed by atoms with Crippen LogP contribution in [-0.4, -0.2) is 37.3 Å². The smallest absolute Gasteiger partial charge is 0.353 e. The summed E-state index contributed by atoms with van der Waals surface area (Å²) in [5, 5.41) is 7.69. The molecule has 9 heteroatoms. The van der Waals surface area contributed by atoms with Crippen molar-refractivity contribution >= 4 is 22.5 Å². The highest BCUT2D eigenvalue weighted by Gasteiger charge is 2.26. The molecule has 6 nitrogen and oxygen atoms in total. The van der Waals surface area contributed by atoms with E-state index in [1.54, 1.807) is 29.3 Å². The molecule has 0 saturated carbocycles. The molecule has 0 radical (unpaired) electrons. The van der Waals surface area contributed by atoms with Crippen LogP contribution < -0.4 is 5.32 Å². The van der Waals surface area contributed by atoms with Gasteiger partial charge in [0.25, 0.3) is 0 Å². The first-order valence-corrected chi connectivity index (χ1v) is 7.86. The zero-order valence-electron chi connectivity index (χ0n) is 13.4. The van der Waals surface area contributed by atoms with Gasteiger partial charge in [-0.1, -0.05) is 0 Å². The monoisotopic (exact) mass is 358 g/mol. The number of fused-ring (bicyclic) bond motifs is 2. The Morgan fingerprint density at radius 1 is 1.08 bits per heavy atom. The van der Waals surface area contributed by atoms with Gasteiger partial charge >= 0.3 is 6.18 Å². The van der Waals surface area contributed by atoms with E-state index in [0.29, 0.717) is 5.65 Å². The Hall–Kier alpha value is -3.23. The maximum absolute atomic E-state index is 12.2. The molecule has 0 atom stereocenters. The Balaban J connectivity index is 1.62. The number of anilines is 1. The highest BCUT2D eigenvalue weighted by atomic mass is 19.4. The second-order valence-electron chi connectivity index (χ2n) is 5.71. The Labute approximate surface area is 145 Å². The zero-order valence-corrected chi connectivity index (χ0v) is 13.4. The van der Waals surface area contributed by atoms with E-state index in [0.717, 1.165) is 22.0 Å². The first-order valence-electron chi connectivity index (χ1n) is 7.86. The summed E-state index contributed by atoms with van der Waals surface area (Å²) in [6, 6.07) is 7.60. The molecule has 0 saturated heterocycles. The van der Waals surface area contributed by atoms with E-state index < -0.39 is 12.6 Å². The molecule has 0 aliphatic heterocycles. The number of hydrogen-bond acceptors (Lipinski definition) is 5. The van der Waals surface area contributed by atoms with E-state index in [9.17, 15) is 13.2 Å². The normalized spacial score (nSPS) is 12.0. The lowest BCUT2D eigenvalue weighted by molar-refractivity contribution is -0.131. The van der Waals surface area contributed by atoms with Gasteiger partial charge in [0.05, 0.1) is 18.1 Å². The van der Waals surface area contributed by atoms with Crippen molar-refractivity contribution in [3.63, 3.8) is 0 Å². The van der Waals surface area contributed by atoms with Crippen LogP contribution in [0.25, 0.3) is 27.7 Å². The predicted octanol–water partition coefficient (Wildman–Crippen LogP) is 3.70. The van der Waals surface area contributed by atoms with E-state index in [2.05, 4.69) is 25.4 Å². The van der Waals surface area contributed by atoms with Crippen molar-refractivity contribution in [2.45, 2.75) is 12.6 Å². The number of rotatable bonds is 4. The Morgan fingerprint density at radius 3 is 2.81 bits per heavy atom. The number of nitrogens with zero attached hydrogens (tertiary/aromatic N) is 5. The topological polar surface area (TPSA) is 68.0 Å². The van der Waals surface area contributed by atoms with Crippen LogP contribution in [-0.2, 0) is 0 Å². The number of hydrogen-bond donors (Lipinski definition) is 1. The van der Waals surface area contributed by atoms with Crippen LogP contribution in [0.2, 0.25) is 0 Å². The van der Waals surface area contributed by atoms with Crippen LogP contribution in [0.5, 0.6) is 0 Å². The van der Waals surface area contributed by atoms with Crippen molar-refractivity contribution in [3.8, 4) is 11.1 Å². The third-order valence-electron chi connectivity index (χ3n) is 3.87. The fourth-order valence-electron chi connectivity index (χ4n) is 2.65. The van der Waals surface area contributed by atoms with Crippen molar-refractivity contribution < 1.29 is 13.2 Å². The third-order valence-corrected chi connectivity index (χ3v) is 3.87. The van der Waals surface area contributed by atoms with Crippen LogP contribution in [0.3, 0.4) is 0 Å². The Kier molecular flexibility index (Phi) is 3.90. The van der Waals surface area contributed by atoms with Gasteiger partial charge < -0.3 is 5.32 Å². The molecule has 0 aromatic carbocycles. The summed E-state index contributed by atoms with van der Waals surface area (Å²) < 4.78 is 38.2. The number of aromatic nitrogens is 5. The van der Waals surface area contributed by atoms with Crippen LogP contribution >= 0.6 is 0 Å². The quantitative estimate of drug-likeness (QED) is 0.602. The van der Waals surface area contributed by atoms with Crippen molar-refractivity contribution in [1.82, 2.24) is 24.6 Å². The van der Waals surface area contributed by atoms with E-state index in [4.69, 9.17) is 0 Å². The van der Waals surface area contributed by atoms with Gasteiger partial charge in [-0.15, -0.1) is 5.10 Å². The lowest BCUT2D eigenvalue weighted by Crippen LogP contribution is -2.16. The van der Waals surface area contributed by atoms with Crippen LogP contribution in [0.15, 0.2) is 49.1 Å². The molecule has 0 unspecified atom stereocenters. The minimum atomic E-state index is -4.21. The van der Waals surface area contributed by atoms with Gasteiger partial charge in [-0.3, -0.25) is 0 Å². The summed E-state index contributed by atoms with van der Waals surface area (Å²) in [4.78, 5) is 12.6. The fraction of sp³-hybridized carbons (Fsp3) is 0.176. The fourth-order valence-corrected chi connectivity index (χ4v) is 2.65. The van der Waals surface area contributed by atoms with Gasteiger partial charge in [-0.05, 0) is 24.3 Å². The van der Waals surface area contributed by atoms with E-state index in [1.807, 2.05) is 24.3 Å². The molecule has 0 fully saturated rings. The first kappa shape index (κ1) is 16.2. The molecule has 4 aromatic heterocycles. The van der Waals surface area contributed by atoms with Gasteiger partial charge in [0, 0.05) is 41.6 Å². The molecule has 0 aliphatic carbocycles. The molecule has 132 valence electrons. The molecule has 0 amide bonds. The Morgan fingerprint density at radius 2 is 1.96 bits per heavy atom. The van der Waals surface area contributed by atoms with Gasteiger partial charge in [-0.25, -0.2) is 19.5 Å². The maximum Gasteiger partial charge on any atom is 0.390 e. The molecular formula is C17H13F3N6. The van der Waals surface area contributed by atoms with Crippen LogP contribution in [0.4, 0.5) is 19.1 Å². The average Bonchev–Trinajstić information content (AvgIpc) is 3.03. The second kappa shape index (κ2) is 6.25. The minimum absolute atomic E-state index is 0.143. The van der Waals surface area contributed by atoms with Gasteiger partial charge in [0.15, 0.2) is 5.65 Å². The number of alkyl halides is 3. The molecule has 1 N–H and O–H groups in total. The number of nitrogens with one attached hydrogen (secondary N) is 1. The summed E-state index contributed by atoms with van der Waals surface area (Å²) in [5.74, 6) is 0.143. The first-order chi connectivity index (χ1) is 12.5. The van der Waals surface area contributed by atoms with Gasteiger partial charge in [-0.2, -0.15) is 13.2 Å². The van der Waals surface area contributed by atoms with Crippen molar-refractivity contribution in [2.24, 2.45) is 0 Å². The molecule has 4 aromatic rings. The van der Waals surface area contributed by atoms with Crippen molar-refractivity contribution in [1.29, 1.82) is 0 Å². The second-order valence-corrected chi connectivity index (χ2v) is 5.71. The molecule has 26 heavy (non-hydrogen) atoms. The van der Waals surface area contributed by atoms with Crippen molar-refractivity contribution in [3.05, 3.63) is 49.1 Å². The van der Waals surface area contributed by atoms with Crippen LogP contribution in [0, 0.1) is 0 Å². The molecule has 0 bridgehead atoms. The summed E-state index contributed by atoms with van der Waals surface area (Å²) in [5.41, 5.74) is 3.16. The van der Waals surface area contributed by atoms with E-state index in [1.165, 1.54) is 0 Å². The third kappa shape index (κ3) is 3.28. The molecule has 0 spiro atoms.